The number of hydrogen-bond acceptors (Lipinski definition) is 1. The summed E-state index contributed by atoms with van der Waals surface area (Å²) in [4.78, 5) is 0. The maximum absolute atomic E-state index is 6.43. The molecule has 3 aliphatic rings. The van der Waals surface area contributed by atoms with Crippen LogP contribution in [-0.2, 0) is 18.3 Å². The Bertz CT molecular complexity index is 3040. The molecule has 1 aliphatic heterocycles. The van der Waals surface area contributed by atoms with Crippen LogP contribution >= 0.6 is 0 Å². The van der Waals surface area contributed by atoms with Gasteiger partial charge in [0.05, 0.1) is 5.41 Å². The van der Waals surface area contributed by atoms with Crippen LogP contribution in [0.5, 0.6) is 11.5 Å². The Morgan fingerprint density at radius 1 is 0.390 bits per heavy atom. The van der Waals surface area contributed by atoms with Crippen LogP contribution in [0.2, 0.25) is 0 Å². The van der Waals surface area contributed by atoms with Gasteiger partial charge in [0.15, 0.2) is 0 Å². The average molecular weight is 753 g/mol. The number of para-hydroxylation sites is 1. The Hall–Kier alpha value is -7.22. The zero-order valence-electron chi connectivity index (χ0n) is 32.6. The van der Waals surface area contributed by atoms with Gasteiger partial charge in [-0.05, 0) is 108 Å². The summed E-state index contributed by atoms with van der Waals surface area (Å²) in [5, 5.41) is 0. The Labute approximate surface area is 345 Å². The second-order valence-electron chi connectivity index (χ2n) is 16.2. The Balaban J connectivity index is 0.960. The standard InChI is InChI=1S/C58H40O/c1-2-16-38(17-3-1)49(36-41-19-14-31-56-50(41)37-42-18-4-13-30-55(42)59-56)40-34-32-39(33-35-40)43-20-5-6-21-44(43)47-25-15-29-54-57(47)48-24-9-12-28-53(48)58(54)51-26-10-7-22-45(51)46-23-8-11-27-52(46)58/h1-35,49H,36-37H2. The zero-order chi connectivity index (χ0) is 38.9. The summed E-state index contributed by atoms with van der Waals surface area (Å²) in [5.41, 5.74) is 21.9. The third kappa shape index (κ3) is 5.11. The smallest absolute Gasteiger partial charge is 0.131 e. The summed E-state index contributed by atoms with van der Waals surface area (Å²) in [5.74, 6) is 2.12. The number of ether oxygens (including phenoxy) is 1. The molecule has 1 unspecified atom stereocenters. The summed E-state index contributed by atoms with van der Waals surface area (Å²) < 4.78 is 6.43. The van der Waals surface area contributed by atoms with Crippen LogP contribution in [0.25, 0.3) is 44.5 Å². The van der Waals surface area contributed by atoms with Gasteiger partial charge in [0.1, 0.15) is 11.5 Å². The molecule has 1 spiro atoms. The van der Waals surface area contributed by atoms with E-state index in [-0.39, 0.29) is 11.3 Å². The Kier molecular flexibility index (Phi) is 7.71. The van der Waals surface area contributed by atoms with Crippen molar-refractivity contribution >= 4 is 0 Å². The minimum absolute atomic E-state index is 0.186. The molecular weight excluding hydrogens is 713 g/mol. The van der Waals surface area contributed by atoms with Crippen LogP contribution in [0.15, 0.2) is 212 Å². The summed E-state index contributed by atoms with van der Waals surface area (Å²) in [7, 11) is 0. The minimum atomic E-state index is -0.369. The fraction of sp³-hybridized carbons (Fsp3) is 0.0690. The van der Waals surface area contributed by atoms with Crippen molar-refractivity contribution in [1.82, 2.24) is 0 Å². The third-order valence-electron chi connectivity index (χ3n) is 13.3. The maximum atomic E-state index is 6.43. The minimum Gasteiger partial charge on any atom is -0.457 e. The molecule has 0 fully saturated rings. The number of benzene rings is 9. The third-order valence-corrected chi connectivity index (χ3v) is 13.3. The van der Waals surface area contributed by atoms with E-state index in [4.69, 9.17) is 4.74 Å². The van der Waals surface area contributed by atoms with E-state index in [1.165, 1.54) is 94.6 Å². The quantitative estimate of drug-likeness (QED) is 0.164. The molecule has 2 aliphatic carbocycles. The van der Waals surface area contributed by atoms with Crippen LogP contribution < -0.4 is 4.74 Å². The molecule has 9 aromatic carbocycles. The molecule has 1 nitrogen and oxygen atoms in total. The molecule has 278 valence electrons. The lowest BCUT2D eigenvalue weighted by Crippen LogP contribution is -2.25. The second-order valence-corrected chi connectivity index (χ2v) is 16.2. The first kappa shape index (κ1) is 33.9. The van der Waals surface area contributed by atoms with Gasteiger partial charge in [-0.3, -0.25) is 0 Å². The first-order valence-corrected chi connectivity index (χ1v) is 20.8. The van der Waals surface area contributed by atoms with E-state index in [2.05, 4.69) is 212 Å². The van der Waals surface area contributed by atoms with Crippen molar-refractivity contribution in [1.29, 1.82) is 0 Å². The molecule has 59 heavy (non-hydrogen) atoms. The van der Waals surface area contributed by atoms with Crippen LogP contribution in [0.1, 0.15) is 56.0 Å². The Morgan fingerprint density at radius 3 is 1.66 bits per heavy atom. The molecule has 1 heterocycles. The van der Waals surface area contributed by atoms with Crippen LogP contribution in [0.4, 0.5) is 0 Å². The summed E-state index contributed by atoms with van der Waals surface area (Å²) in [6.45, 7) is 0. The fourth-order valence-corrected chi connectivity index (χ4v) is 10.7. The van der Waals surface area contributed by atoms with E-state index in [1.807, 2.05) is 0 Å². The molecule has 1 atom stereocenters. The van der Waals surface area contributed by atoms with Gasteiger partial charge in [0, 0.05) is 17.9 Å². The highest BCUT2D eigenvalue weighted by atomic mass is 16.5. The molecular formula is C58H40O. The van der Waals surface area contributed by atoms with E-state index >= 15 is 0 Å². The molecule has 12 rings (SSSR count). The van der Waals surface area contributed by atoms with Gasteiger partial charge in [-0.15, -0.1) is 0 Å². The number of rotatable bonds is 6. The highest BCUT2D eigenvalue weighted by Crippen LogP contribution is 2.64. The predicted molar refractivity (Wildman–Crippen MR) is 241 cm³/mol. The normalized spacial score (nSPS) is 14.0. The first-order chi connectivity index (χ1) is 29.3. The monoisotopic (exact) mass is 752 g/mol. The van der Waals surface area contributed by atoms with Gasteiger partial charge in [-0.25, -0.2) is 0 Å². The number of fused-ring (bicyclic) bond motifs is 12. The van der Waals surface area contributed by atoms with Crippen LogP contribution in [0, 0.1) is 0 Å². The molecule has 0 N–H and O–H groups in total. The van der Waals surface area contributed by atoms with Crippen molar-refractivity contribution in [3.05, 3.63) is 262 Å². The first-order valence-electron chi connectivity index (χ1n) is 20.8. The SMILES string of the molecule is c1ccc(C(Cc2cccc3c2Cc2ccccc2O3)c2ccc(-c3ccccc3-c3cccc4c3-c3ccccc3C43c4ccccc4-c4ccccc43)cc2)cc1. The average Bonchev–Trinajstić information content (AvgIpc) is 3.78. The van der Waals surface area contributed by atoms with E-state index < -0.39 is 0 Å². The van der Waals surface area contributed by atoms with E-state index in [1.54, 1.807) is 0 Å². The van der Waals surface area contributed by atoms with E-state index in [9.17, 15) is 0 Å². The van der Waals surface area contributed by atoms with E-state index in [0.717, 1.165) is 24.3 Å². The van der Waals surface area contributed by atoms with Crippen LogP contribution in [0.3, 0.4) is 0 Å². The highest BCUT2D eigenvalue weighted by Gasteiger charge is 2.52. The van der Waals surface area contributed by atoms with Gasteiger partial charge in [-0.2, -0.15) is 0 Å². The lowest BCUT2D eigenvalue weighted by atomic mass is 9.70. The molecule has 0 saturated carbocycles. The van der Waals surface area contributed by atoms with Gasteiger partial charge in [0.25, 0.3) is 0 Å². The van der Waals surface area contributed by atoms with Gasteiger partial charge in [0.2, 0.25) is 0 Å². The molecule has 9 aromatic rings. The molecule has 0 radical (unpaired) electrons. The summed E-state index contributed by atoms with van der Waals surface area (Å²) in [6, 6.07) is 78.5. The fourth-order valence-electron chi connectivity index (χ4n) is 10.7. The highest BCUT2D eigenvalue weighted by molar-refractivity contribution is 6.01. The predicted octanol–water partition coefficient (Wildman–Crippen LogP) is 14.4. The second kappa shape index (κ2) is 13.4. The van der Waals surface area contributed by atoms with Gasteiger partial charge < -0.3 is 4.74 Å². The lowest BCUT2D eigenvalue weighted by Gasteiger charge is -2.30. The van der Waals surface area contributed by atoms with Crippen molar-refractivity contribution < 1.29 is 4.74 Å². The largest absolute Gasteiger partial charge is 0.457 e. The van der Waals surface area contributed by atoms with E-state index in [0.29, 0.717) is 0 Å². The Morgan fingerprint density at radius 2 is 0.915 bits per heavy atom. The molecule has 1 heteroatoms. The zero-order valence-corrected chi connectivity index (χ0v) is 32.6. The number of hydrogen-bond donors (Lipinski definition) is 0. The summed E-state index contributed by atoms with van der Waals surface area (Å²) in [6.07, 6.45) is 1.77. The van der Waals surface area contributed by atoms with Crippen molar-refractivity contribution in [2.45, 2.75) is 24.2 Å². The maximum Gasteiger partial charge on any atom is 0.131 e. The van der Waals surface area contributed by atoms with Crippen molar-refractivity contribution in [3.8, 4) is 56.0 Å². The summed E-state index contributed by atoms with van der Waals surface area (Å²) >= 11 is 0. The molecule has 0 amide bonds. The molecule has 0 bridgehead atoms. The molecule has 0 aromatic heterocycles. The lowest BCUT2D eigenvalue weighted by molar-refractivity contribution is 0.458. The van der Waals surface area contributed by atoms with Crippen molar-refractivity contribution in [3.63, 3.8) is 0 Å². The molecule has 0 saturated heterocycles. The van der Waals surface area contributed by atoms with Gasteiger partial charge >= 0.3 is 0 Å². The topological polar surface area (TPSA) is 9.23 Å². The van der Waals surface area contributed by atoms with Crippen molar-refractivity contribution in [2.75, 3.05) is 0 Å². The van der Waals surface area contributed by atoms with Crippen LogP contribution in [-0.4, -0.2) is 0 Å². The van der Waals surface area contributed by atoms with Gasteiger partial charge in [-0.1, -0.05) is 200 Å². The van der Waals surface area contributed by atoms with Crippen molar-refractivity contribution in [2.24, 2.45) is 0 Å².